The van der Waals surface area contributed by atoms with Crippen LogP contribution in [0.1, 0.15) is 15.9 Å². The molecule has 2 aliphatic heterocycles. The lowest BCUT2D eigenvalue weighted by atomic mass is 10.2. The molecule has 10 heteroatoms. The average Bonchev–Trinajstić information content (AvgIpc) is 3.32. The van der Waals surface area contributed by atoms with E-state index in [2.05, 4.69) is 25.8 Å². The van der Waals surface area contributed by atoms with Crippen LogP contribution in [0.25, 0.3) is 0 Å². The Morgan fingerprint density at radius 3 is 2.34 bits per heavy atom. The number of amides is 1. The van der Waals surface area contributed by atoms with Gasteiger partial charge in [0.05, 0.1) is 11.4 Å². The number of sulfonamides is 1. The van der Waals surface area contributed by atoms with Gasteiger partial charge < -0.3 is 20.9 Å². The number of anilines is 1. The third-order valence-electron chi connectivity index (χ3n) is 5.56. The Balaban J connectivity index is 1.32. The van der Waals surface area contributed by atoms with Crippen LogP contribution in [0.4, 0.5) is 5.69 Å². The van der Waals surface area contributed by atoms with E-state index in [9.17, 15) is 13.2 Å². The number of aliphatic imine (C=N–C) groups is 1. The van der Waals surface area contributed by atoms with E-state index >= 15 is 0 Å². The van der Waals surface area contributed by atoms with Gasteiger partial charge in [-0.15, -0.1) is 0 Å². The molecular weight excluding hydrogens is 428 g/mol. The lowest BCUT2D eigenvalue weighted by Crippen LogP contribution is -2.47. The van der Waals surface area contributed by atoms with Crippen LogP contribution in [0.3, 0.4) is 0 Å². The topological polar surface area (TPSA) is 106 Å². The molecule has 1 saturated heterocycles. The summed E-state index contributed by atoms with van der Waals surface area (Å²) < 4.78 is 27.1. The van der Waals surface area contributed by atoms with Crippen molar-refractivity contribution in [1.82, 2.24) is 19.8 Å². The van der Waals surface area contributed by atoms with Crippen LogP contribution in [0.15, 0.2) is 58.4 Å². The lowest BCUT2D eigenvalue weighted by molar-refractivity contribution is 0.0951. The fourth-order valence-electron chi connectivity index (χ4n) is 3.56. The number of hydrogen-bond acceptors (Lipinski definition) is 7. The number of piperazine rings is 1. The molecule has 0 unspecified atom stereocenters. The molecule has 2 aromatic rings. The molecule has 2 heterocycles. The minimum absolute atomic E-state index is 0.211. The molecule has 0 atom stereocenters. The van der Waals surface area contributed by atoms with Crippen molar-refractivity contribution in [3.8, 4) is 0 Å². The third-order valence-corrected chi connectivity index (χ3v) is 7.47. The molecule has 2 aliphatic rings. The van der Waals surface area contributed by atoms with Crippen molar-refractivity contribution in [2.24, 2.45) is 4.99 Å². The first-order valence-corrected chi connectivity index (χ1v) is 12.1. The molecule has 9 nitrogen and oxygen atoms in total. The number of nitrogens with zero attached hydrogens (tertiary/aromatic N) is 3. The number of rotatable bonds is 6. The van der Waals surface area contributed by atoms with Crippen molar-refractivity contribution in [3.05, 3.63) is 59.7 Å². The molecule has 0 spiro atoms. The predicted octanol–water partition coefficient (Wildman–Crippen LogP) is 0.924. The minimum atomic E-state index is -3.54. The quantitative estimate of drug-likeness (QED) is 0.597. The Labute approximate surface area is 188 Å². The molecule has 0 aliphatic carbocycles. The first-order valence-electron chi connectivity index (χ1n) is 10.6. The van der Waals surface area contributed by atoms with Gasteiger partial charge in [0.15, 0.2) is 5.96 Å². The minimum Gasteiger partial charge on any atom is -0.354 e. The number of benzene rings is 2. The van der Waals surface area contributed by atoms with E-state index in [-0.39, 0.29) is 10.8 Å². The summed E-state index contributed by atoms with van der Waals surface area (Å²) in [7, 11) is -1.56. The van der Waals surface area contributed by atoms with E-state index in [1.54, 1.807) is 12.1 Å². The van der Waals surface area contributed by atoms with Crippen LogP contribution < -0.4 is 16.0 Å². The normalized spacial score (nSPS) is 17.5. The zero-order valence-corrected chi connectivity index (χ0v) is 18.9. The summed E-state index contributed by atoms with van der Waals surface area (Å²) in [6.45, 7) is 4.36. The lowest BCUT2D eigenvalue weighted by Gasteiger charge is -2.31. The number of guanidine groups is 1. The maximum atomic E-state index is 12.8. The maximum Gasteiger partial charge on any atom is 0.251 e. The van der Waals surface area contributed by atoms with Crippen molar-refractivity contribution in [2.45, 2.75) is 11.4 Å². The highest BCUT2D eigenvalue weighted by Gasteiger charge is 2.27. The van der Waals surface area contributed by atoms with Gasteiger partial charge in [-0.2, -0.15) is 4.31 Å². The predicted molar refractivity (Wildman–Crippen MR) is 124 cm³/mol. The molecule has 3 N–H and O–H groups in total. The SMILES string of the molecule is CN1CCN(S(=O)(=O)c2ccc(C(=O)NCc3ccc(NC4=NCCN4)cc3)cc2)CC1. The first kappa shape index (κ1) is 22.3. The Kier molecular flexibility index (Phi) is 6.73. The van der Waals surface area contributed by atoms with Gasteiger partial charge in [-0.3, -0.25) is 9.79 Å². The molecule has 32 heavy (non-hydrogen) atoms. The van der Waals surface area contributed by atoms with Gasteiger partial charge in [0.1, 0.15) is 0 Å². The van der Waals surface area contributed by atoms with Crippen LogP contribution in [-0.4, -0.2) is 75.8 Å². The standard InChI is InChI=1S/C22H28N6O3S/c1-27-12-14-28(15-13-27)32(30,31)20-8-4-18(5-9-20)21(29)25-16-17-2-6-19(7-3-17)26-22-23-10-11-24-22/h2-9H,10-16H2,1H3,(H,25,29)(H2,23,24,26). The van der Waals surface area contributed by atoms with Crippen molar-refractivity contribution in [2.75, 3.05) is 51.6 Å². The second kappa shape index (κ2) is 9.68. The molecule has 1 amide bonds. The Bertz CT molecular complexity index is 1080. The molecule has 0 saturated carbocycles. The molecule has 2 aromatic carbocycles. The molecule has 0 radical (unpaired) electrons. The van der Waals surface area contributed by atoms with E-state index in [1.165, 1.54) is 16.4 Å². The highest BCUT2D eigenvalue weighted by molar-refractivity contribution is 7.89. The first-order chi connectivity index (χ1) is 15.4. The molecule has 0 aromatic heterocycles. The van der Waals surface area contributed by atoms with E-state index in [4.69, 9.17) is 0 Å². The second-order valence-corrected chi connectivity index (χ2v) is 9.83. The summed E-state index contributed by atoms with van der Waals surface area (Å²) in [5, 5.41) is 9.22. The number of nitrogens with one attached hydrogen (secondary N) is 3. The number of carbonyl (C=O) groups is 1. The van der Waals surface area contributed by atoms with E-state index in [0.29, 0.717) is 38.3 Å². The summed E-state index contributed by atoms with van der Waals surface area (Å²) in [4.78, 5) is 19.1. The molecular formula is C22H28N6O3S. The summed E-state index contributed by atoms with van der Waals surface area (Å²) >= 11 is 0. The van der Waals surface area contributed by atoms with Crippen LogP contribution >= 0.6 is 0 Å². The molecule has 4 rings (SSSR count). The zero-order chi connectivity index (χ0) is 22.6. The van der Waals surface area contributed by atoms with Gasteiger partial charge in [-0.05, 0) is 49.0 Å². The Hall–Kier alpha value is -2.95. The van der Waals surface area contributed by atoms with Gasteiger partial charge in [-0.1, -0.05) is 12.1 Å². The van der Waals surface area contributed by atoms with Crippen molar-refractivity contribution < 1.29 is 13.2 Å². The average molecular weight is 457 g/mol. The van der Waals surface area contributed by atoms with Crippen molar-refractivity contribution in [1.29, 1.82) is 0 Å². The van der Waals surface area contributed by atoms with Crippen LogP contribution in [0.5, 0.6) is 0 Å². The Morgan fingerprint density at radius 1 is 1.03 bits per heavy atom. The van der Waals surface area contributed by atoms with Gasteiger partial charge in [-0.25, -0.2) is 8.42 Å². The van der Waals surface area contributed by atoms with Gasteiger partial charge >= 0.3 is 0 Å². The maximum absolute atomic E-state index is 12.8. The fourth-order valence-corrected chi connectivity index (χ4v) is 4.99. The van der Waals surface area contributed by atoms with Crippen LogP contribution in [0.2, 0.25) is 0 Å². The van der Waals surface area contributed by atoms with Crippen molar-refractivity contribution in [3.63, 3.8) is 0 Å². The molecule has 170 valence electrons. The summed E-state index contributed by atoms with van der Waals surface area (Å²) in [5.41, 5.74) is 2.30. The smallest absolute Gasteiger partial charge is 0.251 e. The van der Waals surface area contributed by atoms with Gasteiger partial charge in [0, 0.05) is 50.5 Å². The zero-order valence-electron chi connectivity index (χ0n) is 18.0. The van der Waals surface area contributed by atoms with Gasteiger partial charge in [0.25, 0.3) is 5.91 Å². The summed E-state index contributed by atoms with van der Waals surface area (Å²) in [6.07, 6.45) is 0. The largest absolute Gasteiger partial charge is 0.354 e. The van der Waals surface area contributed by atoms with E-state index < -0.39 is 10.0 Å². The number of carbonyl (C=O) groups excluding carboxylic acids is 1. The summed E-state index contributed by atoms with van der Waals surface area (Å²) in [5.74, 6) is 0.518. The second-order valence-electron chi connectivity index (χ2n) is 7.89. The highest BCUT2D eigenvalue weighted by Crippen LogP contribution is 2.18. The third kappa shape index (κ3) is 5.26. The summed E-state index contributed by atoms with van der Waals surface area (Å²) in [6, 6.07) is 13.9. The van der Waals surface area contributed by atoms with E-state index in [1.807, 2.05) is 31.3 Å². The monoisotopic (exact) mass is 456 g/mol. The van der Waals surface area contributed by atoms with Crippen molar-refractivity contribution >= 4 is 27.6 Å². The van der Waals surface area contributed by atoms with Gasteiger partial charge in [0.2, 0.25) is 10.0 Å². The molecule has 1 fully saturated rings. The highest BCUT2D eigenvalue weighted by atomic mass is 32.2. The van der Waals surface area contributed by atoms with Crippen LogP contribution in [-0.2, 0) is 16.6 Å². The number of hydrogen-bond donors (Lipinski definition) is 3. The Morgan fingerprint density at radius 2 is 1.72 bits per heavy atom. The fraction of sp³-hybridized carbons (Fsp3) is 0.364. The van der Waals surface area contributed by atoms with E-state index in [0.717, 1.165) is 30.3 Å². The molecule has 0 bridgehead atoms. The number of likely N-dealkylation sites (N-methyl/N-ethyl adjacent to an activating group) is 1. The van der Waals surface area contributed by atoms with Crippen LogP contribution in [0, 0.1) is 0 Å².